The van der Waals surface area contributed by atoms with Crippen LogP contribution in [-0.2, 0) is 4.74 Å². The summed E-state index contributed by atoms with van der Waals surface area (Å²) in [5, 5.41) is 3.23. The largest absolute Gasteiger partial charge is 0.411 e. The number of halogens is 3. The summed E-state index contributed by atoms with van der Waals surface area (Å²) in [6.45, 7) is 4.49. The Hall–Kier alpha value is -0.330. The van der Waals surface area contributed by atoms with Crippen LogP contribution in [0.15, 0.2) is 0 Å². The van der Waals surface area contributed by atoms with E-state index >= 15 is 0 Å². The van der Waals surface area contributed by atoms with Gasteiger partial charge in [0, 0.05) is 19.1 Å². The maximum absolute atomic E-state index is 11.8. The molecule has 0 aliphatic heterocycles. The van der Waals surface area contributed by atoms with Crippen molar-refractivity contribution in [2.75, 3.05) is 40.4 Å². The molecule has 0 saturated heterocycles. The topological polar surface area (TPSA) is 24.5 Å². The van der Waals surface area contributed by atoms with Crippen LogP contribution in [0.25, 0.3) is 0 Å². The first-order chi connectivity index (χ1) is 8.20. The van der Waals surface area contributed by atoms with Crippen molar-refractivity contribution in [1.82, 2.24) is 10.2 Å². The van der Waals surface area contributed by atoms with E-state index in [1.807, 2.05) is 14.1 Å². The lowest BCUT2D eigenvalue weighted by Gasteiger charge is -2.24. The summed E-state index contributed by atoms with van der Waals surface area (Å²) in [6, 6.07) is 0.287. The Morgan fingerprint density at radius 3 is 2.28 bits per heavy atom. The molecule has 110 valence electrons. The lowest BCUT2D eigenvalue weighted by molar-refractivity contribution is -0.173. The van der Waals surface area contributed by atoms with E-state index in [2.05, 4.69) is 28.8 Å². The zero-order valence-corrected chi connectivity index (χ0v) is 11.7. The number of nitrogens with zero attached hydrogens (tertiary/aromatic N) is 1. The van der Waals surface area contributed by atoms with E-state index in [1.165, 1.54) is 0 Å². The summed E-state index contributed by atoms with van der Waals surface area (Å²) in [6.07, 6.45) is -3.24. The van der Waals surface area contributed by atoms with Gasteiger partial charge in [0.25, 0.3) is 0 Å². The third kappa shape index (κ3) is 12.1. The average molecular weight is 270 g/mol. The maximum atomic E-state index is 11.8. The molecule has 18 heavy (non-hydrogen) atoms. The van der Waals surface area contributed by atoms with Gasteiger partial charge in [-0.05, 0) is 26.4 Å². The lowest BCUT2D eigenvalue weighted by atomic mass is 10.0. The summed E-state index contributed by atoms with van der Waals surface area (Å²) in [4.78, 5) is 2.07. The van der Waals surface area contributed by atoms with Gasteiger partial charge in [-0.3, -0.25) is 0 Å². The van der Waals surface area contributed by atoms with Crippen molar-refractivity contribution in [2.24, 2.45) is 5.92 Å². The van der Waals surface area contributed by atoms with Crippen molar-refractivity contribution in [3.8, 4) is 0 Å². The summed E-state index contributed by atoms with van der Waals surface area (Å²) in [7, 11) is 3.96. The van der Waals surface area contributed by atoms with Crippen molar-refractivity contribution in [3.05, 3.63) is 0 Å². The second-order valence-corrected chi connectivity index (χ2v) is 5.21. The molecule has 0 bridgehead atoms. The molecule has 0 spiro atoms. The van der Waals surface area contributed by atoms with Crippen LogP contribution in [0.4, 0.5) is 13.2 Å². The number of likely N-dealkylation sites (N-methyl/N-ethyl adjacent to an activating group) is 1. The number of hydrogen-bond donors (Lipinski definition) is 1. The molecule has 0 saturated carbocycles. The van der Waals surface area contributed by atoms with Crippen LogP contribution >= 0.6 is 0 Å². The molecule has 3 nitrogen and oxygen atoms in total. The Labute approximate surface area is 108 Å². The molecular weight excluding hydrogens is 245 g/mol. The van der Waals surface area contributed by atoms with Gasteiger partial charge >= 0.3 is 6.18 Å². The van der Waals surface area contributed by atoms with E-state index < -0.39 is 12.8 Å². The van der Waals surface area contributed by atoms with Crippen molar-refractivity contribution in [1.29, 1.82) is 0 Å². The molecule has 6 heteroatoms. The SMILES string of the molecule is CC(C)CC(CN(C)C)NCCOCC(F)(F)F. The molecule has 0 aromatic heterocycles. The number of rotatable bonds is 9. The molecule has 0 aromatic carbocycles. The highest BCUT2D eigenvalue weighted by atomic mass is 19.4. The van der Waals surface area contributed by atoms with E-state index in [1.54, 1.807) is 0 Å². The molecule has 0 amide bonds. The molecular formula is C12H25F3N2O. The van der Waals surface area contributed by atoms with Gasteiger partial charge in [0.1, 0.15) is 6.61 Å². The third-order valence-electron chi connectivity index (χ3n) is 2.29. The van der Waals surface area contributed by atoms with Crippen molar-refractivity contribution in [2.45, 2.75) is 32.5 Å². The number of hydrogen-bond acceptors (Lipinski definition) is 3. The van der Waals surface area contributed by atoms with E-state index in [4.69, 9.17) is 0 Å². The Bertz CT molecular complexity index is 198. The first kappa shape index (κ1) is 17.7. The Kier molecular flexibility index (Phi) is 8.56. The maximum Gasteiger partial charge on any atom is 0.411 e. The van der Waals surface area contributed by atoms with Crippen LogP contribution in [0, 0.1) is 5.92 Å². The minimum absolute atomic E-state index is 0.0849. The van der Waals surface area contributed by atoms with Gasteiger partial charge < -0.3 is 15.0 Å². The Morgan fingerprint density at radius 2 is 1.83 bits per heavy atom. The fourth-order valence-corrected chi connectivity index (χ4v) is 1.76. The number of nitrogens with one attached hydrogen (secondary N) is 1. The lowest BCUT2D eigenvalue weighted by Crippen LogP contribution is -2.40. The van der Waals surface area contributed by atoms with E-state index in [0.29, 0.717) is 12.5 Å². The van der Waals surface area contributed by atoms with Crippen molar-refractivity contribution < 1.29 is 17.9 Å². The second-order valence-electron chi connectivity index (χ2n) is 5.21. The van der Waals surface area contributed by atoms with Gasteiger partial charge in [-0.1, -0.05) is 13.8 Å². The van der Waals surface area contributed by atoms with Gasteiger partial charge in [0.05, 0.1) is 6.61 Å². The van der Waals surface area contributed by atoms with Crippen LogP contribution in [0.5, 0.6) is 0 Å². The van der Waals surface area contributed by atoms with Gasteiger partial charge in [-0.25, -0.2) is 0 Å². The van der Waals surface area contributed by atoms with E-state index in [-0.39, 0.29) is 12.6 Å². The highest BCUT2D eigenvalue weighted by molar-refractivity contribution is 4.71. The Morgan fingerprint density at radius 1 is 1.22 bits per heavy atom. The molecule has 0 rings (SSSR count). The smallest absolute Gasteiger partial charge is 0.371 e. The molecule has 1 N–H and O–H groups in total. The summed E-state index contributed by atoms with van der Waals surface area (Å²) in [5.41, 5.74) is 0. The predicted molar refractivity (Wildman–Crippen MR) is 66.7 cm³/mol. The molecule has 0 aliphatic carbocycles. The zero-order chi connectivity index (χ0) is 14.2. The highest BCUT2D eigenvalue weighted by Gasteiger charge is 2.27. The first-order valence-corrected chi connectivity index (χ1v) is 6.23. The molecule has 0 aromatic rings. The van der Waals surface area contributed by atoms with E-state index in [9.17, 15) is 13.2 Å². The average Bonchev–Trinajstić information content (AvgIpc) is 2.12. The number of alkyl halides is 3. The Balaban J connectivity index is 3.75. The molecule has 0 heterocycles. The van der Waals surface area contributed by atoms with Crippen LogP contribution in [0.3, 0.4) is 0 Å². The molecule has 1 atom stereocenters. The standard InChI is InChI=1S/C12H25F3N2O/c1-10(2)7-11(8-17(3)4)16-5-6-18-9-12(13,14)15/h10-11,16H,5-9H2,1-4H3. The molecule has 0 radical (unpaired) electrons. The van der Waals surface area contributed by atoms with Gasteiger partial charge in [-0.15, -0.1) is 0 Å². The zero-order valence-electron chi connectivity index (χ0n) is 11.7. The summed E-state index contributed by atoms with van der Waals surface area (Å²) < 4.78 is 40.1. The fraction of sp³-hybridized carbons (Fsp3) is 1.00. The van der Waals surface area contributed by atoms with Gasteiger partial charge in [-0.2, -0.15) is 13.2 Å². The van der Waals surface area contributed by atoms with Crippen molar-refractivity contribution >= 4 is 0 Å². The fourth-order valence-electron chi connectivity index (χ4n) is 1.76. The minimum atomic E-state index is -4.24. The predicted octanol–water partition coefficient (Wildman–Crippen LogP) is 2.13. The van der Waals surface area contributed by atoms with Crippen LogP contribution < -0.4 is 5.32 Å². The van der Waals surface area contributed by atoms with Gasteiger partial charge in [0.2, 0.25) is 0 Å². The highest BCUT2D eigenvalue weighted by Crippen LogP contribution is 2.14. The van der Waals surface area contributed by atoms with Crippen LogP contribution in [0.2, 0.25) is 0 Å². The van der Waals surface area contributed by atoms with Crippen molar-refractivity contribution in [3.63, 3.8) is 0 Å². The molecule has 1 unspecified atom stereocenters. The molecule has 0 fully saturated rings. The molecule has 0 aliphatic rings. The van der Waals surface area contributed by atoms with Crippen LogP contribution in [-0.4, -0.2) is 57.5 Å². The number of ether oxygens (including phenoxy) is 1. The third-order valence-corrected chi connectivity index (χ3v) is 2.29. The van der Waals surface area contributed by atoms with E-state index in [0.717, 1.165) is 13.0 Å². The normalized spacial score (nSPS) is 14.5. The van der Waals surface area contributed by atoms with Gasteiger partial charge in [0.15, 0.2) is 0 Å². The second kappa shape index (κ2) is 8.72. The summed E-state index contributed by atoms with van der Waals surface area (Å²) in [5.74, 6) is 0.554. The summed E-state index contributed by atoms with van der Waals surface area (Å²) >= 11 is 0. The minimum Gasteiger partial charge on any atom is -0.371 e. The first-order valence-electron chi connectivity index (χ1n) is 6.23. The monoisotopic (exact) mass is 270 g/mol. The van der Waals surface area contributed by atoms with Crippen LogP contribution in [0.1, 0.15) is 20.3 Å². The quantitative estimate of drug-likeness (QED) is 0.650.